The highest BCUT2D eigenvalue weighted by molar-refractivity contribution is 7.22. The van der Waals surface area contributed by atoms with Crippen LogP contribution in [0.5, 0.6) is 0 Å². The Balaban J connectivity index is 1.52. The SMILES string of the molecule is CN1CCN(c2nc3ccc(NC(=O)c4ccc(F)c(F)c4)cc3s2)CC1. The Bertz CT molecular complexity index is 999. The lowest BCUT2D eigenvalue weighted by Gasteiger charge is -2.31. The number of thiazole rings is 1. The van der Waals surface area contributed by atoms with Crippen molar-refractivity contribution in [3.05, 3.63) is 53.6 Å². The Kier molecular flexibility index (Phi) is 4.75. The summed E-state index contributed by atoms with van der Waals surface area (Å²) in [5.41, 5.74) is 1.53. The van der Waals surface area contributed by atoms with Crippen LogP contribution < -0.4 is 10.2 Å². The number of likely N-dealkylation sites (N-methyl/N-ethyl adjacent to an activating group) is 1. The molecule has 1 N–H and O–H groups in total. The number of benzene rings is 2. The zero-order valence-electron chi connectivity index (χ0n) is 14.7. The number of hydrogen-bond donors (Lipinski definition) is 1. The zero-order valence-corrected chi connectivity index (χ0v) is 15.5. The van der Waals surface area contributed by atoms with Gasteiger partial charge in [-0.25, -0.2) is 13.8 Å². The summed E-state index contributed by atoms with van der Waals surface area (Å²) in [4.78, 5) is 21.5. The minimum Gasteiger partial charge on any atom is -0.345 e. The summed E-state index contributed by atoms with van der Waals surface area (Å²) in [6, 6.07) is 8.55. The number of carbonyl (C=O) groups is 1. The van der Waals surface area contributed by atoms with Crippen molar-refractivity contribution in [2.45, 2.75) is 0 Å². The van der Waals surface area contributed by atoms with Crippen molar-refractivity contribution in [1.29, 1.82) is 0 Å². The fourth-order valence-corrected chi connectivity index (χ4v) is 4.02. The molecule has 1 aromatic heterocycles. The third-order valence-corrected chi connectivity index (χ3v) is 5.67. The van der Waals surface area contributed by atoms with Crippen LogP contribution >= 0.6 is 11.3 Å². The van der Waals surface area contributed by atoms with Gasteiger partial charge in [-0.3, -0.25) is 4.79 Å². The van der Waals surface area contributed by atoms with E-state index in [9.17, 15) is 13.6 Å². The molecule has 8 heteroatoms. The highest BCUT2D eigenvalue weighted by Crippen LogP contribution is 2.31. The van der Waals surface area contributed by atoms with E-state index in [1.54, 1.807) is 17.4 Å². The number of piperazine rings is 1. The molecule has 140 valence electrons. The lowest BCUT2D eigenvalue weighted by molar-refractivity contribution is 0.102. The van der Waals surface area contributed by atoms with E-state index in [4.69, 9.17) is 0 Å². The average Bonchev–Trinajstić information content (AvgIpc) is 3.07. The molecule has 0 spiro atoms. The van der Waals surface area contributed by atoms with Crippen LogP contribution in [0.2, 0.25) is 0 Å². The topological polar surface area (TPSA) is 48.5 Å². The Labute approximate surface area is 159 Å². The number of rotatable bonds is 3. The molecule has 5 nitrogen and oxygen atoms in total. The molecule has 0 atom stereocenters. The van der Waals surface area contributed by atoms with Gasteiger partial charge in [-0.1, -0.05) is 11.3 Å². The Morgan fingerprint density at radius 3 is 2.59 bits per heavy atom. The zero-order chi connectivity index (χ0) is 19.0. The van der Waals surface area contributed by atoms with Gasteiger partial charge in [0.15, 0.2) is 16.8 Å². The molecule has 0 radical (unpaired) electrons. The first-order valence-electron chi connectivity index (χ1n) is 8.60. The van der Waals surface area contributed by atoms with E-state index in [2.05, 4.69) is 27.1 Å². The molecule has 1 aliphatic heterocycles. The summed E-state index contributed by atoms with van der Waals surface area (Å²) >= 11 is 1.58. The molecule has 2 heterocycles. The Morgan fingerprint density at radius 2 is 1.85 bits per heavy atom. The number of fused-ring (bicyclic) bond motifs is 1. The van der Waals surface area contributed by atoms with Crippen molar-refractivity contribution in [2.24, 2.45) is 0 Å². The van der Waals surface area contributed by atoms with Crippen LogP contribution in [-0.2, 0) is 0 Å². The number of hydrogen-bond acceptors (Lipinski definition) is 5. The molecular weight excluding hydrogens is 370 g/mol. The predicted molar refractivity (Wildman–Crippen MR) is 104 cm³/mol. The maximum atomic E-state index is 13.3. The number of aromatic nitrogens is 1. The molecule has 1 saturated heterocycles. The van der Waals surface area contributed by atoms with Crippen LogP contribution in [0.1, 0.15) is 10.4 Å². The number of anilines is 2. The number of nitrogens with one attached hydrogen (secondary N) is 1. The van der Waals surface area contributed by atoms with Crippen LogP contribution in [0.15, 0.2) is 36.4 Å². The van der Waals surface area contributed by atoms with Crippen molar-refractivity contribution >= 4 is 38.3 Å². The van der Waals surface area contributed by atoms with Gasteiger partial charge >= 0.3 is 0 Å². The fourth-order valence-electron chi connectivity index (χ4n) is 2.96. The summed E-state index contributed by atoms with van der Waals surface area (Å²) in [6.07, 6.45) is 0. The van der Waals surface area contributed by atoms with Crippen molar-refractivity contribution in [2.75, 3.05) is 43.4 Å². The van der Waals surface area contributed by atoms with Gasteiger partial charge in [-0.15, -0.1) is 0 Å². The molecule has 0 bridgehead atoms. The van der Waals surface area contributed by atoms with E-state index in [0.29, 0.717) is 5.69 Å². The molecule has 0 saturated carbocycles. The van der Waals surface area contributed by atoms with Gasteiger partial charge in [0.25, 0.3) is 5.91 Å². The van der Waals surface area contributed by atoms with Gasteiger partial charge in [0.05, 0.1) is 10.2 Å². The van der Waals surface area contributed by atoms with E-state index in [0.717, 1.165) is 53.7 Å². The van der Waals surface area contributed by atoms with Gasteiger partial charge in [0.1, 0.15) is 0 Å². The summed E-state index contributed by atoms with van der Waals surface area (Å²) < 4.78 is 27.3. The van der Waals surface area contributed by atoms with Gasteiger partial charge < -0.3 is 15.1 Å². The van der Waals surface area contributed by atoms with Gasteiger partial charge in [-0.2, -0.15) is 0 Å². The summed E-state index contributed by atoms with van der Waals surface area (Å²) in [7, 11) is 2.11. The van der Waals surface area contributed by atoms with Crippen LogP contribution in [0.3, 0.4) is 0 Å². The van der Waals surface area contributed by atoms with Crippen molar-refractivity contribution in [1.82, 2.24) is 9.88 Å². The minimum atomic E-state index is -1.04. The van der Waals surface area contributed by atoms with E-state index >= 15 is 0 Å². The van der Waals surface area contributed by atoms with E-state index in [1.807, 2.05) is 12.1 Å². The average molecular weight is 388 g/mol. The summed E-state index contributed by atoms with van der Waals surface area (Å²) in [5, 5.41) is 3.70. The molecule has 1 aliphatic rings. The molecule has 0 unspecified atom stereocenters. The summed E-state index contributed by atoms with van der Waals surface area (Å²) in [5.74, 6) is -2.51. The van der Waals surface area contributed by atoms with Gasteiger partial charge in [-0.05, 0) is 43.4 Å². The molecule has 4 rings (SSSR count). The Hall–Kier alpha value is -2.58. The maximum absolute atomic E-state index is 13.3. The minimum absolute atomic E-state index is 0.0661. The second kappa shape index (κ2) is 7.21. The maximum Gasteiger partial charge on any atom is 0.255 e. The van der Waals surface area contributed by atoms with E-state index in [-0.39, 0.29) is 5.56 Å². The molecule has 1 fully saturated rings. The molecule has 27 heavy (non-hydrogen) atoms. The molecular formula is C19H18F2N4OS. The third kappa shape index (κ3) is 3.77. The normalized spacial score (nSPS) is 15.3. The second-order valence-electron chi connectivity index (χ2n) is 6.55. The van der Waals surface area contributed by atoms with E-state index < -0.39 is 17.5 Å². The van der Waals surface area contributed by atoms with Crippen molar-refractivity contribution < 1.29 is 13.6 Å². The van der Waals surface area contributed by atoms with E-state index in [1.165, 1.54) is 6.07 Å². The third-order valence-electron chi connectivity index (χ3n) is 4.59. The lowest BCUT2D eigenvalue weighted by Crippen LogP contribution is -2.44. The quantitative estimate of drug-likeness (QED) is 0.745. The Morgan fingerprint density at radius 1 is 1.07 bits per heavy atom. The monoisotopic (exact) mass is 388 g/mol. The first-order valence-corrected chi connectivity index (χ1v) is 9.42. The summed E-state index contributed by atoms with van der Waals surface area (Å²) in [6.45, 7) is 3.89. The van der Waals surface area contributed by atoms with Crippen LogP contribution in [0, 0.1) is 11.6 Å². The van der Waals surface area contributed by atoms with Crippen LogP contribution in [0.4, 0.5) is 19.6 Å². The number of halogens is 2. The highest BCUT2D eigenvalue weighted by Gasteiger charge is 2.18. The fraction of sp³-hybridized carbons (Fsp3) is 0.263. The number of amides is 1. The molecule has 1 amide bonds. The largest absolute Gasteiger partial charge is 0.345 e. The number of nitrogens with zero attached hydrogens (tertiary/aromatic N) is 3. The smallest absolute Gasteiger partial charge is 0.255 e. The van der Waals surface area contributed by atoms with Crippen molar-refractivity contribution in [3.63, 3.8) is 0 Å². The van der Waals surface area contributed by atoms with Crippen LogP contribution in [-0.4, -0.2) is 49.0 Å². The van der Waals surface area contributed by atoms with Crippen molar-refractivity contribution in [3.8, 4) is 0 Å². The first kappa shape index (κ1) is 17.8. The first-order chi connectivity index (χ1) is 13.0. The highest BCUT2D eigenvalue weighted by atomic mass is 32.1. The predicted octanol–water partition coefficient (Wildman–Crippen LogP) is 3.58. The lowest BCUT2D eigenvalue weighted by atomic mass is 10.2. The molecule has 0 aliphatic carbocycles. The van der Waals surface area contributed by atoms with Gasteiger partial charge in [0, 0.05) is 37.4 Å². The molecule has 2 aromatic carbocycles. The van der Waals surface area contributed by atoms with Crippen LogP contribution in [0.25, 0.3) is 10.2 Å². The van der Waals surface area contributed by atoms with Gasteiger partial charge in [0.2, 0.25) is 0 Å². The number of carbonyl (C=O) groups excluding carboxylic acids is 1. The standard InChI is InChI=1S/C19H18F2N4OS/c1-24-6-8-25(9-7-24)19-23-16-5-3-13(11-17(16)27-19)22-18(26)12-2-4-14(20)15(21)10-12/h2-5,10-11H,6-9H2,1H3,(H,22,26). The second-order valence-corrected chi connectivity index (χ2v) is 7.56. The molecule has 3 aromatic rings.